The maximum atomic E-state index is 14.4. The van der Waals surface area contributed by atoms with Gasteiger partial charge in [-0.1, -0.05) is 70.2 Å². The van der Waals surface area contributed by atoms with Crippen LogP contribution in [0.1, 0.15) is 65.7 Å². The zero-order chi connectivity index (χ0) is 28.3. The van der Waals surface area contributed by atoms with E-state index in [0.717, 1.165) is 44.9 Å². The van der Waals surface area contributed by atoms with Gasteiger partial charge in [0, 0.05) is 17.8 Å². The normalized spacial score (nSPS) is 40.3. The molecule has 2 aliphatic carbocycles. The van der Waals surface area contributed by atoms with Crippen molar-refractivity contribution in [2.45, 2.75) is 95.5 Å². The largest absolute Gasteiger partial charge is 0.359 e. The summed E-state index contributed by atoms with van der Waals surface area (Å²) >= 11 is 5.94. The Bertz CT molecular complexity index is 1240. The lowest BCUT2D eigenvalue weighted by Crippen LogP contribution is -2.60. The molecule has 2 saturated carbocycles. The number of halogens is 2. The van der Waals surface area contributed by atoms with E-state index in [0.29, 0.717) is 17.5 Å². The fraction of sp³-hybridized carbons (Fsp3) is 0.645. The van der Waals surface area contributed by atoms with Crippen LogP contribution >= 0.6 is 11.6 Å². The Morgan fingerprint density at radius 1 is 1.05 bits per heavy atom. The first-order valence-electron chi connectivity index (χ1n) is 14.9. The predicted molar refractivity (Wildman–Crippen MR) is 150 cm³/mol. The van der Waals surface area contributed by atoms with Gasteiger partial charge in [0.15, 0.2) is 0 Å². The van der Waals surface area contributed by atoms with Crippen molar-refractivity contribution in [3.05, 3.63) is 41.2 Å². The number of likely N-dealkylation sites (tertiary alicyclic amines) is 1. The second-order valence-electron chi connectivity index (χ2n) is 12.8. The molecule has 216 valence electrons. The number of ether oxygens (including phenoxy) is 1. The third-order valence-corrected chi connectivity index (χ3v) is 10.8. The Morgan fingerprint density at radius 2 is 1.80 bits per heavy atom. The molecule has 2 saturated heterocycles. The number of nitrogens with one attached hydrogen (secondary N) is 2. The van der Waals surface area contributed by atoms with E-state index in [1.165, 1.54) is 18.2 Å². The average molecular weight is 572 g/mol. The number of rotatable bonds is 5. The summed E-state index contributed by atoms with van der Waals surface area (Å²) in [5.74, 6) is -1.89. The minimum Gasteiger partial charge on any atom is -0.359 e. The zero-order valence-electron chi connectivity index (χ0n) is 23.4. The van der Waals surface area contributed by atoms with E-state index < -0.39 is 41.3 Å². The molecule has 0 unspecified atom stereocenters. The number of amides is 3. The molecule has 0 aromatic heterocycles. The molecule has 5 aliphatic rings. The second kappa shape index (κ2) is 10.4. The minimum absolute atomic E-state index is 0.0392. The standard InChI is InChI=1S/C31H39ClFN3O4/c1-16-8-6-9-22(18(16)3)35-29(38)27-31-14-13-24(40-31)25(28(37)34-19-11-12-21(33)20(32)15-19)26(31)30(39)36(27)23-10-5-4-7-17(23)2/h11-18,22-27H,4-10H2,1-3H3,(H,34,37)(H,35,38)/t16-,17+,18-,22+,23-,24+,25+,26+,27+,31+/m1/s1. The van der Waals surface area contributed by atoms with E-state index >= 15 is 0 Å². The summed E-state index contributed by atoms with van der Waals surface area (Å²) in [6.45, 7) is 6.57. The van der Waals surface area contributed by atoms with E-state index in [9.17, 15) is 18.8 Å². The lowest BCUT2D eigenvalue weighted by atomic mass is 9.73. The smallest absolute Gasteiger partial charge is 0.246 e. The molecule has 9 heteroatoms. The highest BCUT2D eigenvalue weighted by molar-refractivity contribution is 6.31. The summed E-state index contributed by atoms with van der Waals surface area (Å²) < 4.78 is 20.2. The number of hydrogen-bond donors (Lipinski definition) is 2. The monoisotopic (exact) mass is 571 g/mol. The fourth-order valence-electron chi connectivity index (χ4n) is 8.12. The van der Waals surface area contributed by atoms with E-state index in [2.05, 4.69) is 31.4 Å². The predicted octanol–water partition coefficient (Wildman–Crippen LogP) is 5.09. The van der Waals surface area contributed by atoms with Crippen LogP contribution in [0.2, 0.25) is 5.02 Å². The van der Waals surface area contributed by atoms with Gasteiger partial charge < -0.3 is 20.3 Å². The topological polar surface area (TPSA) is 87.7 Å². The number of anilines is 1. The van der Waals surface area contributed by atoms with E-state index in [-0.39, 0.29) is 34.8 Å². The van der Waals surface area contributed by atoms with Crippen molar-refractivity contribution >= 4 is 35.0 Å². The Kier molecular flexibility index (Phi) is 7.22. The molecule has 1 aromatic rings. The molecule has 3 heterocycles. The maximum absolute atomic E-state index is 14.4. The van der Waals surface area contributed by atoms with Gasteiger partial charge in [-0.3, -0.25) is 14.4 Å². The van der Waals surface area contributed by atoms with Crippen molar-refractivity contribution in [1.82, 2.24) is 10.2 Å². The molecule has 10 atom stereocenters. The van der Waals surface area contributed by atoms with Gasteiger partial charge in [-0.15, -0.1) is 0 Å². The van der Waals surface area contributed by atoms with Crippen molar-refractivity contribution in [2.24, 2.45) is 29.6 Å². The van der Waals surface area contributed by atoms with Gasteiger partial charge in [-0.2, -0.15) is 0 Å². The SMILES string of the molecule is C[C@@H]1[C@H](C)CCC[C@@H]1NC(=O)[C@@H]1N([C@@H]2CCCC[C@@H]2C)C(=O)[C@@H]2[C@@H](C(=O)Nc3ccc(F)c(Cl)c3)[C@@H]3C=C[C@]21O3. The number of benzene rings is 1. The Balaban J connectivity index is 1.33. The summed E-state index contributed by atoms with van der Waals surface area (Å²) in [7, 11) is 0. The van der Waals surface area contributed by atoms with Gasteiger partial charge in [-0.25, -0.2) is 4.39 Å². The van der Waals surface area contributed by atoms with E-state index in [1.54, 1.807) is 4.90 Å². The van der Waals surface area contributed by atoms with Gasteiger partial charge in [0.1, 0.15) is 17.5 Å². The van der Waals surface area contributed by atoms with Crippen LogP contribution in [0.25, 0.3) is 0 Å². The van der Waals surface area contributed by atoms with E-state index in [4.69, 9.17) is 16.3 Å². The van der Waals surface area contributed by atoms with Crippen LogP contribution in [0, 0.1) is 35.4 Å². The average Bonchev–Trinajstić information content (AvgIpc) is 3.56. The summed E-state index contributed by atoms with van der Waals surface area (Å²) in [6.07, 6.45) is 10.1. The summed E-state index contributed by atoms with van der Waals surface area (Å²) in [5, 5.41) is 6.05. The Labute approximate surface area is 240 Å². The van der Waals surface area contributed by atoms with Gasteiger partial charge in [0.2, 0.25) is 17.7 Å². The molecule has 3 aliphatic heterocycles. The minimum atomic E-state index is -1.20. The zero-order valence-corrected chi connectivity index (χ0v) is 24.1. The van der Waals surface area contributed by atoms with E-state index in [1.807, 2.05) is 12.2 Å². The number of carbonyl (C=O) groups is 3. The number of carbonyl (C=O) groups excluding carboxylic acids is 3. The Hall–Kier alpha value is -2.45. The van der Waals surface area contributed by atoms with Gasteiger partial charge in [-0.05, 0) is 55.2 Å². The maximum Gasteiger partial charge on any atom is 0.246 e. The Morgan fingerprint density at radius 3 is 2.55 bits per heavy atom. The first-order chi connectivity index (χ1) is 19.1. The van der Waals surface area contributed by atoms with Crippen molar-refractivity contribution in [1.29, 1.82) is 0 Å². The quantitative estimate of drug-likeness (QED) is 0.482. The van der Waals surface area contributed by atoms with Gasteiger partial charge in [0.25, 0.3) is 0 Å². The molecule has 1 spiro atoms. The molecule has 4 fully saturated rings. The van der Waals surface area contributed by atoms with Crippen LogP contribution in [0.4, 0.5) is 10.1 Å². The van der Waals surface area contributed by atoms with Crippen LogP contribution in [0.5, 0.6) is 0 Å². The van der Waals surface area contributed by atoms with Crippen LogP contribution in [-0.2, 0) is 19.1 Å². The van der Waals surface area contributed by atoms with Crippen molar-refractivity contribution in [3.8, 4) is 0 Å². The first-order valence-corrected chi connectivity index (χ1v) is 15.3. The van der Waals surface area contributed by atoms with Gasteiger partial charge >= 0.3 is 0 Å². The summed E-state index contributed by atoms with van der Waals surface area (Å²) in [5.41, 5.74) is -0.857. The van der Waals surface area contributed by atoms with Crippen molar-refractivity contribution in [3.63, 3.8) is 0 Å². The molecule has 3 amide bonds. The third-order valence-electron chi connectivity index (χ3n) is 10.5. The van der Waals surface area contributed by atoms with Crippen LogP contribution in [0.15, 0.2) is 30.4 Å². The lowest BCUT2D eigenvalue weighted by Gasteiger charge is -2.42. The molecule has 2 N–H and O–H groups in total. The number of nitrogens with zero attached hydrogens (tertiary/aromatic N) is 1. The first kappa shape index (κ1) is 27.7. The van der Waals surface area contributed by atoms with Crippen molar-refractivity contribution < 1.29 is 23.5 Å². The molecular weight excluding hydrogens is 533 g/mol. The molecule has 1 aromatic carbocycles. The molecule has 0 radical (unpaired) electrons. The van der Waals surface area contributed by atoms with Crippen LogP contribution in [-0.4, -0.2) is 52.5 Å². The fourth-order valence-corrected chi connectivity index (χ4v) is 8.30. The molecule has 6 rings (SSSR count). The summed E-state index contributed by atoms with van der Waals surface area (Å²) in [4.78, 5) is 44.1. The van der Waals surface area contributed by atoms with Crippen LogP contribution in [0.3, 0.4) is 0 Å². The van der Waals surface area contributed by atoms with Crippen molar-refractivity contribution in [2.75, 3.05) is 5.32 Å². The number of hydrogen-bond acceptors (Lipinski definition) is 4. The molecular formula is C31H39ClFN3O4. The molecule has 7 nitrogen and oxygen atoms in total. The highest BCUT2D eigenvalue weighted by Crippen LogP contribution is 2.56. The van der Waals surface area contributed by atoms with Crippen LogP contribution < -0.4 is 10.6 Å². The number of fused-ring (bicyclic) bond motifs is 1. The van der Waals surface area contributed by atoms with Gasteiger partial charge in [0.05, 0.1) is 23.0 Å². The highest BCUT2D eigenvalue weighted by Gasteiger charge is 2.73. The molecule has 2 bridgehead atoms. The molecule has 40 heavy (non-hydrogen) atoms. The second-order valence-corrected chi connectivity index (χ2v) is 13.2. The summed E-state index contributed by atoms with van der Waals surface area (Å²) in [6, 6.07) is 3.10. The lowest BCUT2D eigenvalue weighted by molar-refractivity contribution is -0.146. The third kappa shape index (κ3) is 4.37. The highest BCUT2D eigenvalue weighted by atomic mass is 35.5.